The first-order chi connectivity index (χ1) is 9.55. The number of nitrogens with one attached hydrogen (secondary N) is 1. The molecular formula is C13H19F3N2O2S. The summed E-state index contributed by atoms with van der Waals surface area (Å²) in [6.07, 6.45) is -5.02. The van der Waals surface area contributed by atoms with E-state index in [0.29, 0.717) is 12.0 Å². The third-order valence-corrected chi connectivity index (χ3v) is 4.52. The fraction of sp³-hybridized carbons (Fsp3) is 0.538. The van der Waals surface area contributed by atoms with Crippen LogP contribution in [0.1, 0.15) is 38.3 Å². The molecule has 0 amide bonds. The molecule has 1 aromatic rings. The molecule has 21 heavy (non-hydrogen) atoms. The molecule has 1 rings (SSSR count). The molecule has 2 atom stereocenters. The Hall–Kier alpha value is -1.12. The summed E-state index contributed by atoms with van der Waals surface area (Å²) in [7, 11) is -4.00. The van der Waals surface area contributed by atoms with Gasteiger partial charge in [-0.05, 0) is 31.0 Å². The SMILES string of the molecule is CCC(N)c1cccc(S(=O)(=O)NC(C)CC(F)(F)F)c1. The van der Waals surface area contributed by atoms with Gasteiger partial charge in [0.15, 0.2) is 0 Å². The monoisotopic (exact) mass is 324 g/mol. The lowest BCUT2D eigenvalue weighted by Gasteiger charge is -2.17. The summed E-state index contributed by atoms with van der Waals surface area (Å²) in [5, 5.41) is 0. The van der Waals surface area contributed by atoms with Crippen LogP contribution in [-0.4, -0.2) is 20.6 Å². The highest BCUT2D eigenvalue weighted by molar-refractivity contribution is 7.89. The number of benzene rings is 1. The molecule has 0 bridgehead atoms. The summed E-state index contributed by atoms with van der Waals surface area (Å²) in [6.45, 7) is 3.03. The molecule has 0 saturated heterocycles. The van der Waals surface area contributed by atoms with Crippen LogP contribution in [0.25, 0.3) is 0 Å². The maximum Gasteiger partial charge on any atom is 0.390 e. The number of nitrogens with two attached hydrogens (primary N) is 1. The van der Waals surface area contributed by atoms with Gasteiger partial charge in [0, 0.05) is 12.1 Å². The second-order valence-corrected chi connectivity index (χ2v) is 6.64. The van der Waals surface area contributed by atoms with Gasteiger partial charge in [-0.1, -0.05) is 19.1 Å². The Morgan fingerprint density at radius 1 is 1.33 bits per heavy atom. The molecule has 3 N–H and O–H groups in total. The lowest BCUT2D eigenvalue weighted by molar-refractivity contribution is -0.137. The zero-order valence-electron chi connectivity index (χ0n) is 11.8. The minimum Gasteiger partial charge on any atom is -0.324 e. The Bertz CT molecular complexity index is 573. The average molecular weight is 324 g/mol. The maximum atomic E-state index is 12.2. The van der Waals surface area contributed by atoms with Crippen LogP contribution in [-0.2, 0) is 10.0 Å². The molecule has 120 valence electrons. The predicted octanol–water partition coefficient (Wildman–Crippen LogP) is 2.72. The topological polar surface area (TPSA) is 72.2 Å². The summed E-state index contributed by atoms with van der Waals surface area (Å²) in [5.74, 6) is 0. The van der Waals surface area contributed by atoms with Crippen molar-refractivity contribution in [1.82, 2.24) is 4.72 Å². The molecule has 0 fully saturated rings. The van der Waals surface area contributed by atoms with Gasteiger partial charge in [0.05, 0.1) is 11.3 Å². The van der Waals surface area contributed by atoms with Crippen LogP contribution in [0.2, 0.25) is 0 Å². The van der Waals surface area contributed by atoms with Crippen molar-refractivity contribution in [2.45, 2.75) is 49.8 Å². The van der Waals surface area contributed by atoms with Gasteiger partial charge in [-0.25, -0.2) is 13.1 Å². The first kappa shape index (κ1) is 17.9. The van der Waals surface area contributed by atoms with Crippen LogP contribution >= 0.6 is 0 Å². The van der Waals surface area contributed by atoms with Crippen molar-refractivity contribution in [1.29, 1.82) is 0 Å². The molecule has 0 heterocycles. The van der Waals surface area contributed by atoms with Crippen molar-refractivity contribution in [2.24, 2.45) is 5.73 Å². The summed E-state index contributed by atoms with van der Waals surface area (Å²) >= 11 is 0. The zero-order chi connectivity index (χ0) is 16.3. The molecule has 0 aliphatic carbocycles. The molecule has 0 spiro atoms. The fourth-order valence-electron chi connectivity index (χ4n) is 1.87. The number of hydrogen-bond donors (Lipinski definition) is 2. The number of hydrogen-bond acceptors (Lipinski definition) is 3. The normalized spacial score (nSPS) is 15.7. The van der Waals surface area contributed by atoms with Gasteiger partial charge >= 0.3 is 6.18 Å². The first-order valence-electron chi connectivity index (χ1n) is 6.50. The summed E-state index contributed by atoms with van der Waals surface area (Å²) in [5.41, 5.74) is 6.46. The molecule has 8 heteroatoms. The van der Waals surface area contributed by atoms with Gasteiger partial charge in [0.1, 0.15) is 0 Å². The summed E-state index contributed by atoms with van der Waals surface area (Å²) in [6, 6.07) is 4.37. The standard InChI is InChI=1S/C13H19F3N2O2S/c1-3-12(17)10-5-4-6-11(7-10)21(19,20)18-9(2)8-13(14,15)16/h4-7,9,12,18H,3,8,17H2,1-2H3. The summed E-state index contributed by atoms with van der Waals surface area (Å²) < 4.78 is 62.9. The summed E-state index contributed by atoms with van der Waals surface area (Å²) in [4.78, 5) is -0.0853. The third kappa shape index (κ3) is 5.64. The number of sulfonamides is 1. The minimum atomic E-state index is -4.42. The van der Waals surface area contributed by atoms with Crippen molar-refractivity contribution >= 4 is 10.0 Å². The van der Waals surface area contributed by atoms with Crippen LogP contribution in [0.15, 0.2) is 29.2 Å². The van der Waals surface area contributed by atoms with E-state index in [1.54, 1.807) is 6.07 Å². The molecule has 2 unspecified atom stereocenters. The lowest BCUT2D eigenvalue weighted by Crippen LogP contribution is -2.36. The molecule has 0 aliphatic heterocycles. The Kier molecular flexibility index (Phi) is 5.77. The van der Waals surface area contributed by atoms with Crippen LogP contribution < -0.4 is 10.5 Å². The van der Waals surface area contributed by atoms with Gasteiger partial charge in [0.2, 0.25) is 10.0 Å². The van der Waals surface area contributed by atoms with E-state index >= 15 is 0 Å². The number of alkyl halides is 3. The highest BCUT2D eigenvalue weighted by Crippen LogP contribution is 2.23. The van der Waals surface area contributed by atoms with Crippen LogP contribution in [0, 0.1) is 0 Å². The van der Waals surface area contributed by atoms with Gasteiger partial charge in [0.25, 0.3) is 0 Å². The van der Waals surface area contributed by atoms with Crippen molar-refractivity contribution in [2.75, 3.05) is 0 Å². The molecule has 4 nitrogen and oxygen atoms in total. The van der Waals surface area contributed by atoms with Crippen molar-refractivity contribution in [3.05, 3.63) is 29.8 Å². The molecular weight excluding hydrogens is 305 g/mol. The first-order valence-corrected chi connectivity index (χ1v) is 7.98. The zero-order valence-corrected chi connectivity index (χ0v) is 12.6. The Morgan fingerprint density at radius 3 is 2.48 bits per heavy atom. The van der Waals surface area contributed by atoms with Crippen molar-refractivity contribution < 1.29 is 21.6 Å². The molecule has 1 aromatic carbocycles. The molecule has 0 radical (unpaired) electrons. The second kappa shape index (κ2) is 6.76. The predicted molar refractivity (Wildman–Crippen MR) is 74.1 cm³/mol. The molecule has 0 aliphatic rings. The molecule has 0 saturated carbocycles. The highest BCUT2D eigenvalue weighted by atomic mass is 32.2. The van der Waals surface area contributed by atoms with E-state index in [9.17, 15) is 21.6 Å². The average Bonchev–Trinajstić information content (AvgIpc) is 2.35. The van der Waals surface area contributed by atoms with Gasteiger partial charge in [-0.2, -0.15) is 13.2 Å². The van der Waals surface area contributed by atoms with Crippen LogP contribution in [0.4, 0.5) is 13.2 Å². The number of rotatable bonds is 6. The van der Waals surface area contributed by atoms with Gasteiger partial charge in [-0.15, -0.1) is 0 Å². The lowest BCUT2D eigenvalue weighted by atomic mass is 10.1. The quantitative estimate of drug-likeness (QED) is 0.845. The highest BCUT2D eigenvalue weighted by Gasteiger charge is 2.32. The van der Waals surface area contributed by atoms with E-state index in [0.717, 1.165) is 0 Å². The Morgan fingerprint density at radius 2 is 1.95 bits per heavy atom. The van der Waals surface area contributed by atoms with Gasteiger partial charge < -0.3 is 5.73 Å². The van der Waals surface area contributed by atoms with E-state index in [1.807, 2.05) is 11.6 Å². The van der Waals surface area contributed by atoms with Crippen LogP contribution in [0.5, 0.6) is 0 Å². The largest absolute Gasteiger partial charge is 0.390 e. The van der Waals surface area contributed by atoms with E-state index < -0.39 is 28.7 Å². The van der Waals surface area contributed by atoms with E-state index in [2.05, 4.69) is 0 Å². The van der Waals surface area contributed by atoms with Gasteiger partial charge in [-0.3, -0.25) is 0 Å². The third-order valence-electron chi connectivity index (χ3n) is 2.93. The maximum absolute atomic E-state index is 12.2. The van der Waals surface area contributed by atoms with E-state index in [4.69, 9.17) is 5.73 Å². The van der Waals surface area contributed by atoms with Crippen molar-refractivity contribution in [3.63, 3.8) is 0 Å². The fourth-order valence-corrected chi connectivity index (χ4v) is 3.17. The van der Waals surface area contributed by atoms with E-state index in [-0.39, 0.29) is 10.9 Å². The Labute approximate surface area is 122 Å². The van der Waals surface area contributed by atoms with Crippen LogP contribution in [0.3, 0.4) is 0 Å². The van der Waals surface area contributed by atoms with E-state index in [1.165, 1.54) is 25.1 Å². The molecule has 0 aromatic heterocycles. The smallest absolute Gasteiger partial charge is 0.324 e. The minimum absolute atomic E-state index is 0.0853. The second-order valence-electron chi connectivity index (χ2n) is 4.93. The number of halogens is 3. The Balaban J connectivity index is 2.93. The van der Waals surface area contributed by atoms with Crippen molar-refractivity contribution in [3.8, 4) is 0 Å².